The third-order valence-electron chi connectivity index (χ3n) is 2.62. The molecule has 0 bridgehead atoms. The van der Waals surface area contributed by atoms with Crippen molar-refractivity contribution in [1.29, 1.82) is 0 Å². The summed E-state index contributed by atoms with van der Waals surface area (Å²) in [6.45, 7) is 0.770. The monoisotopic (exact) mass is 251 g/mol. The van der Waals surface area contributed by atoms with Crippen molar-refractivity contribution in [1.82, 2.24) is 4.31 Å². The largest absolute Gasteiger partial charge is 0.469 e. The fraction of sp³-hybridized carbons (Fsp3) is 0.889. The summed E-state index contributed by atoms with van der Waals surface area (Å²) in [5.41, 5.74) is 0. The molecule has 0 aromatic rings. The molecule has 0 amide bonds. The van der Waals surface area contributed by atoms with Crippen molar-refractivity contribution >= 4 is 16.0 Å². The number of hydrogen-bond donors (Lipinski definition) is 0. The maximum Gasteiger partial charge on any atom is 0.310 e. The summed E-state index contributed by atoms with van der Waals surface area (Å²) in [5.74, 6) is -0.719. The van der Waals surface area contributed by atoms with Crippen molar-refractivity contribution in [3.05, 3.63) is 0 Å². The van der Waals surface area contributed by atoms with Crippen LogP contribution in [0.5, 0.6) is 0 Å². The molecule has 0 N–H and O–H groups in total. The van der Waals surface area contributed by atoms with Crippen LogP contribution < -0.4 is 0 Å². The Morgan fingerprint density at radius 3 is 2.69 bits per heavy atom. The van der Waals surface area contributed by atoms with Gasteiger partial charge in [0.05, 0.1) is 25.4 Å². The molecule has 0 radical (unpaired) electrons. The number of methoxy groups -OCH3 is 2. The lowest BCUT2D eigenvalue weighted by Crippen LogP contribution is -2.33. The second kappa shape index (κ2) is 5.60. The van der Waals surface area contributed by atoms with Crippen LogP contribution >= 0.6 is 0 Å². The number of carbonyl (C=O) groups excluding carboxylic acids is 1. The summed E-state index contributed by atoms with van der Waals surface area (Å²) < 4.78 is 34.1. The minimum Gasteiger partial charge on any atom is -0.469 e. The first kappa shape index (κ1) is 13.4. The molecule has 1 fully saturated rings. The topological polar surface area (TPSA) is 72.9 Å². The van der Waals surface area contributed by atoms with Gasteiger partial charge in [0, 0.05) is 20.2 Å². The van der Waals surface area contributed by atoms with Gasteiger partial charge in [0.25, 0.3) is 0 Å². The molecule has 1 heterocycles. The highest BCUT2D eigenvalue weighted by Crippen LogP contribution is 2.20. The summed E-state index contributed by atoms with van der Waals surface area (Å²) in [7, 11) is -0.531. The number of sulfonamides is 1. The van der Waals surface area contributed by atoms with E-state index in [2.05, 4.69) is 4.74 Å². The van der Waals surface area contributed by atoms with Gasteiger partial charge in [-0.15, -0.1) is 0 Å². The molecule has 16 heavy (non-hydrogen) atoms. The highest BCUT2D eigenvalue weighted by Gasteiger charge is 2.35. The Bertz CT molecular complexity index is 340. The van der Waals surface area contributed by atoms with Crippen molar-refractivity contribution in [3.63, 3.8) is 0 Å². The highest BCUT2D eigenvalue weighted by molar-refractivity contribution is 7.89. The lowest BCUT2D eigenvalue weighted by molar-refractivity contribution is -0.144. The van der Waals surface area contributed by atoms with E-state index >= 15 is 0 Å². The maximum atomic E-state index is 11.7. The van der Waals surface area contributed by atoms with Gasteiger partial charge in [-0.1, -0.05) is 0 Å². The third kappa shape index (κ3) is 3.16. The van der Waals surface area contributed by atoms with Crippen molar-refractivity contribution in [2.75, 3.05) is 39.7 Å². The first-order valence-electron chi connectivity index (χ1n) is 5.06. The molecule has 0 aliphatic carbocycles. The summed E-state index contributed by atoms with van der Waals surface area (Å²) in [6.07, 6.45) is 0.527. The van der Waals surface area contributed by atoms with Crippen molar-refractivity contribution < 1.29 is 22.7 Å². The molecule has 1 atom stereocenters. The number of ether oxygens (including phenoxy) is 2. The van der Waals surface area contributed by atoms with Gasteiger partial charge >= 0.3 is 5.97 Å². The van der Waals surface area contributed by atoms with Crippen molar-refractivity contribution in [3.8, 4) is 0 Å². The van der Waals surface area contributed by atoms with Crippen molar-refractivity contribution in [2.24, 2.45) is 5.92 Å². The van der Waals surface area contributed by atoms with E-state index in [0.29, 0.717) is 13.0 Å². The Hall–Kier alpha value is -0.660. The minimum absolute atomic E-state index is 0.0443. The van der Waals surface area contributed by atoms with E-state index < -0.39 is 10.0 Å². The van der Waals surface area contributed by atoms with E-state index in [1.807, 2.05) is 0 Å². The van der Waals surface area contributed by atoms with Crippen LogP contribution in [0.15, 0.2) is 0 Å². The van der Waals surface area contributed by atoms with E-state index in [4.69, 9.17) is 4.74 Å². The average Bonchev–Trinajstić information content (AvgIpc) is 2.75. The van der Waals surface area contributed by atoms with E-state index in [9.17, 15) is 13.2 Å². The molecule has 94 valence electrons. The molecule has 0 aromatic heterocycles. The van der Waals surface area contributed by atoms with Gasteiger partial charge < -0.3 is 9.47 Å². The fourth-order valence-corrected chi connectivity index (χ4v) is 3.08. The zero-order chi connectivity index (χ0) is 12.2. The van der Waals surface area contributed by atoms with Crippen LogP contribution in [0.1, 0.15) is 6.42 Å². The normalized spacial score (nSPS) is 22.2. The minimum atomic E-state index is -3.30. The Balaban J connectivity index is 2.55. The molecular weight excluding hydrogens is 234 g/mol. The second-order valence-electron chi connectivity index (χ2n) is 3.68. The van der Waals surface area contributed by atoms with Crippen LogP contribution in [0.3, 0.4) is 0 Å². The Morgan fingerprint density at radius 2 is 2.12 bits per heavy atom. The summed E-state index contributed by atoms with van der Waals surface area (Å²) in [5, 5.41) is 0. The smallest absolute Gasteiger partial charge is 0.310 e. The average molecular weight is 251 g/mol. The molecule has 0 spiro atoms. The van der Waals surface area contributed by atoms with E-state index in [0.717, 1.165) is 0 Å². The molecule has 1 unspecified atom stereocenters. The van der Waals surface area contributed by atoms with Gasteiger partial charge in [0.2, 0.25) is 10.0 Å². The van der Waals surface area contributed by atoms with Gasteiger partial charge in [-0.25, -0.2) is 12.7 Å². The lowest BCUT2D eigenvalue weighted by atomic mass is 10.1. The highest BCUT2D eigenvalue weighted by atomic mass is 32.2. The van der Waals surface area contributed by atoms with Crippen LogP contribution in [0.2, 0.25) is 0 Å². The van der Waals surface area contributed by atoms with Gasteiger partial charge in [-0.05, 0) is 6.42 Å². The first-order valence-corrected chi connectivity index (χ1v) is 6.66. The van der Waals surface area contributed by atoms with Crippen molar-refractivity contribution in [2.45, 2.75) is 6.42 Å². The predicted octanol–water partition coefficient (Wildman–Crippen LogP) is -0.542. The number of hydrogen-bond acceptors (Lipinski definition) is 5. The number of carbonyl (C=O) groups is 1. The van der Waals surface area contributed by atoms with Crippen LogP contribution in [0.25, 0.3) is 0 Å². The van der Waals surface area contributed by atoms with E-state index in [-0.39, 0.29) is 30.8 Å². The van der Waals surface area contributed by atoms with Crippen LogP contribution in [-0.2, 0) is 24.3 Å². The SMILES string of the molecule is COCCS(=O)(=O)N1CCC(C(=O)OC)C1. The molecule has 1 aliphatic heterocycles. The van der Waals surface area contributed by atoms with E-state index in [1.165, 1.54) is 18.5 Å². The number of esters is 1. The van der Waals surface area contributed by atoms with Crippen LogP contribution in [0.4, 0.5) is 0 Å². The zero-order valence-electron chi connectivity index (χ0n) is 9.51. The van der Waals surface area contributed by atoms with Gasteiger partial charge in [0.15, 0.2) is 0 Å². The summed E-state index contributed by atoms with van der Waals surface area (Å²) >= 11 is 0. The molecule has 6 nitrogen and oxygen atoms in total. The van der Waals surface area contributed by atoms with Gasteiger partial charge in [-0.3, -0.25) is 4.79 Å². The second-order valence-corrected chi connectivity index (χ2v) is 5.76. The van der Waals surface area contributed by atoms with Crippen LogP contribution in [-0.4, -0.2) is 58.4 Å². The maximum absolute atomic E-state index is 11.7. The molecule has 0 saturated carbocycles. The standard InChI is InChI=1S/C9H17NO5S/c1-14-5-6-16(12,13)10-4-3-8(7-10)9(11)15-2/h8H,3-7H2,1-2H3. The van der Waals surface area contributed by atoms with E-state index in [1.54, 1.807) is 0 Å². The number of nitrogens with zero attached hydrogens (tertiary/aromatic N) is 1. The summed E-state index contributed by atoms with van der Waals surface area (Å²) in [6, 6.07) is 0. The third-order valence-corrected chi connectivity index (χ3v) is 4.43. The summed E-state index contributed by atoms with van der Waals surface area (Å²) in [4.78, 5) is 11.2. The Morgan fingerprint density at radius 1 is 1.44 bits per heavy atom. The Labute approximate surface area is 95.6 Å². The predicted molar refractivity (Wildman–Crippen MR) is 57.4 cm³/mol. The molecule has 1 aliphatic rings. The zero-order valence-corrected chi connectivity index (χ0v) is 10.3. The van der Waals surface area contributed by atoms with Crippen LogP contribution in [0, 0.1) is 5.92 Å². The quantitative estimate of drug-likeness (QED) is 0.613. The first-order chi connectivity index (χ1) is 7.51. The van der Waals surface area contributed by atoms with Gasteiger partial charge in [0.1, 0.15) is 0 Å². The lowest BCUT2D eigenvalue weighted by Gasteiger charge is -2.15. The fourth-order valence-electron chi connectivity index (χ4n) is 1.66. The van der Waals surface area contributed by atoms with Gasteiger partial charge in [-0.2, -0.15) is 0 Å². The molecule has 1 rings (SSSR count). The Kier molecular flexibility index (Phi) is 4.69. The molecule has 7 heteroatoms. The number of rotatable bonds is 5. The molecule has 0 aromatic carbocycles. The molecular formula is C9H17NO5S. The molecule has 1 saturated heterocycles.